The zero-order valence-corrected chi connectivity index (χ0v) is 11.6. The zero-order chi connectivity index (χ0) is 15.1. The lowest BCUT2D eigenvalue weighted by Gasteiger charge is -2.17. The van der Waals surface area contributed by atoms with Gasteiger partial charge in [0.25, 0.3) is 0 Å². The first-order valence-corrected chi connectivity index (χ1v) is 5.88. The lowest BCUT2D eigenvalue weighted by atomic mass is 10.1. The molecule has 0 aliphatic heterocycles. The van der Waals surface area contributed by atoms with Crippen molar-refractivity contribution in [1.29, 1.82) is 10.5 Å². The van der Waals surface area contributed by atoms with Crippen LogP contribution in [0.3, 0.4) is 0 Å². The van der Waals surface area contributed by atoms with Gasteiger partial charge in [-0.25, -0.2) is 0 Å². The van der Waals surface area contributed by atoms with Gasteiger partial charge in [0.1, 0.15) is 12.1 Å². The number of hydrogen-bond acceptors (Lipinski definition) is 6. The van der Waals surface area contributed by atoms with Crippen molar-refractivity contribution in [3.05, 3.63) is 0 Å². The highest BCUT2D eigenvalue weighted by Crippen LogP contribution is 2.12. The predicted octanol–water partition coefficient (Wildman–Crippen LogP) is 1.85. The van der Waals surface area contributed by atoms with Crippen molar-refractivity contribution in [3.8, 4) is 12.1 Å². The average Bonchev–Trinajstić information content (AvgIpc) is 2.27. The van der Waals surface area contributed by atoms with E-state index < -0.39 is 23.1 Å². The van der Waals surface area contributed by atoms with Crippen LogP contribution in [0, 0.1) is 22.7 Å². The molecule has 6 heteroatoms. The molecule has 0 aromatic rings. The Kier molecular flexibility index (Phi) is 6.01. The Labute approximate surface area is 112 Å². The molecule has 0 aromatic heterocycles. The summed E-state index contributed by atoms with van der Waals surface area (Å²) in [6.07, 6.45) is 0.293. The van der Waals surface area contributed by atoms with Gasteiger partial charge >= 0.3 is 11.9 Å². The Morgan fingerprint density at radius 2 is 1.21 bits per heavy atom. The summed E-state index contributed by atoms with van der Waals surface area (Å²) in [6.45, 7) is 5.92. The second-order valence-corrected chi connectivity index (χ2v) is 5.05. The standard InChI is InChI=1S/C13H18N2O4/c1-12(2,8-14)18-10(16)6-5-7-11(17)19-13(3,4)9-15/h5-7H2,1-4H3. The number of carbonyl (C=O) groups is 2. The van der Waals surface area contributed by atoms with Gasteiger partial charge in [-0.2, -0.15) is 10.5 Å². The summed E-state index contributed by atoms with van der Waals surface area (Å²) in [5.41, 5.74) is -2.33. The molecule has 104 valence electrons. The summed E-state index contributed by atoms with van der Waals surface area (Å²) in [5, 5.41) is 17.4. The summed E-state index contributed by atoms with van der Waals surface area (Å²) in [4.78, 5) is 22.7. The maximum atomic E-state index is 11.4. The molecular weight excluding hydrogens is 248 g/mol. The molecule has 0 bridgehead atoms. The van der Waals surface area contributed by atoms with Crippen molar-refractivity contribution in [2.45, 2.75) is 58.2 Å². The highest BCUT2D eigenvalue weighted by molar-refractivity contribution is 5.73. The first-order chi connectivity index (χ1) is 8.62. The molecule has 0 aliphatic rings. The topological polar surface area (TPSA) is 100 Å². The van der Waals surface area contributed by atoms with Gasteiger partial charge in [0.05, 0.1) is 0 Å². The van der Waals surface area contributed by atoms with E-state index in [0.29, 0.717) is 0 Å². The fourth-order valence-electron chi connectivity index (χ4n) is 1.09. The van der Waals surface area contributed by atoms with E-state index in [2.05, 4.69) is 0 Å². The van der Waals surface area contributed by atoms with Crippen LogP contribution in [-0.2, 0) is 19.1 Å². The van der Waals surface area contributed by atoms with Gasteiger partial charge in [-0.1, -0.05) is 0 Å². The van der Waals surface area contributed by atoms with Crippen molar-refractivity contribution in [2.24, 2.45) is 0 Å². The van der Waals surface area contributed by atoms with Crippen LogP contribution >= 0.6 is 0 Å². The molecule has 0 heterocycles. The van der Waals surface area contributed by atoms with Gasteiger partial charge < -0.3 is 9.47 Å². The second-order valence-electron chi connectivity index (χ2n) is 5.05. The van der Waals surface area contributed by atoms with Crippen LogP contribution in [0.15, 0.2) is 0 Å². The second kappa shape index (κ2) is 6.75. The summed E-state index contributed by atoms with van der Waals surface area (Å²) in [6, 6.07) is 3.68. The summed E-state index contributed by atoms with van der Waals surface area (Å²) in [5.74, 6) is -1.09. The normalized spacial score (nSPS) is 11.1. The Morgan fingerprint density at radius 1 is 0.895 bits per heavy atom. The minimum atomic E-state index is -1.17. The molecule has 0 aliphatic carbocycles. The van der Waals surface area contributed by atoms with Crippen LogP contribution in [0.25, 0.3) is 0 Å². The third-order valence-corrected chi connectivity index (χ3v) is 2.04. The predicted molar refractivity (Wildman–Crippen MR) is 65.4 cm³/mol. The molecule has 19 heavy (non-hydrogen) atoms. The molecule has 0 atom stereocenters. The molecule has 0 N–H and O–H groups in total. The number of carbonyl (C=O) groups excluding carboxylic acids is 2. The lowest BCUT2D eigenvalue weighted by Crippen LogP contribution is -2.27. The van der Waals surface area contributed by atoms with Crippen molar-refractivity contribution in [2.75, 3.05) is 0 Å². The van der Waals surface area contributed by atoms with Crippen LogP contribution in [0.4, 0.5) is 0 Å². The zero-order valence-electron chi connectivity index (χ0n) is 11.6. The smallest absolute Gasteiger partial charge is 0.307 e. The molecule has 0 saturated carbocycles. The molecule has 0 saturated heterocycles. The number of nitrogens with zero attached hydrogens (tertiary/aromatic N) is 2. The molecule has 0 radical (unpaired) electrons. The lowest BCUT2D eigenvalue weighted by molar-refractivity contribution is -0.153. The van der Waals surface area contributed by atoms with E-state index in [1.54, 1.807) is 0 Å². The Hall–Kier alpha value is -2.08. The Morgan fingerprint density at radius 3 is 1.47 bits per heavy atom. The van der Waals surface area contributed by atoms with Crippen molar-refractivity contribution in [3.63, 3.8) is 0 Å². The van der Waals surface area contributed by atoms with E-state index in [-0.39, 0.29) is 19.3 Å². The maximum Gasteiger partial charge on any atom is 0.307 e. The van der Waals surface area contributed by atoms with Gasteiger partial charge in [0.15, 0.2) is 11.2 Å². The van der Waals surface area contributed by atoms with Gasteiger partial charge in [0.2, 0.25) is 0 Å². The maximum absolute atomic E-state index is 11.4. The third kappa shape index (κ3) is 7.77. The van der Waals surface area contributed by atoms with Crippen molar-refractivity contribution < 1.29 is 19.1 Å². The first kappa shape index (κ1) is 16.9. The van der Waals surface area contributed by atoms with Gasteiger partial charge in [-0.15, -0.1) is 0 Å². The molecular formula is C13H18N2O4. The Balaban J connectivity index is 4.00. The van der Waals surface area contributed by atoms with Crippen LogP contribution < -0.4 is 0 Å². The van der Waals surface area contributed by atoms with E-state index in [0.717, 1.165) is 0 Å². The van der Waals surface area contributed by atoms with E-state index in [4.69, 9.17) is 20.0 Å². The molecule has 0 rings (SSSR count). The van der Waals surface area contributed by atoms with Crippen molar-refractivity contribution >= 4 is 11.9 Å². The minimum absolute atomic E-state index is 0.0210. The molecule has 0 unspecified atom stereocenters. The molecule has 0 spiro atoms. The Bertz CT molecular complexity index is 387. The SMILES string of the molecule is CC(C)(C#N)OC(=O)CCCC(=O)OC(C)(C)C#N. The largest absolute Gasteiger partial charge is 0.444 e. The van der Waals surface area contributed by atoms with Crippen LogP contribution in [0.1, 0.15) is 47.0 Å². The van der Waals surface area contributed by atoms with E-state index in [9.17, 15) is 9.59 Å². The summed E-state index contributed by atoms with van der Waals surface area (Å²) >= 11 is 0. The van der Waals surface area contributed by atoms with E-state index in [1.807, 2.05) is 12.1 Å². The third-order valence-electron chi connectivity index (χ3n) is 2.04. The fraction of sp³-hybridized carbons (Fsp3) is 0.692. The molecule has 0 aromatic carbocycles. The highest BCUT2D eigenvalue weighted by Gasteiger charge is 2.23. The number of rotatable bonds is 6. The van der Waals surface area contributed by atoms with Gasteiger partial charge in [-0.05, 0) is 34.1 Å². The quantitative estimate of drug-likeness (QED) is 0.680. The summed E-state index contributed by atoms with van der Waals surface area (Å²) in [7, 11) is 0. The number of ether oxygens (including phenoxy) is 2. The number of hydrogen-bond donors (Lipinski definition) is 0. The van der Waals surface area contributed by atoms with Gasteiger partial charge in [0, 0.05) is 12.8 Å². The highest BCUT2D eigenvalue weighted by atomic mass is 16.6. The number of esters is 2. The van der Waals surface area contributed by atoms with Crippen LogP contribution in [0.5, 0.6) is 0 Å². The molecule has 0 fully saturated rings. The number of nitriles is 2. The average molecular weight is 266 g/mol. The minimum Gasteiger partial charge on any atom is -0.444 e. The van der Waals surface area contributed by atoms with E-state index in [1.165, 1.54) is 27.7 Å². The fourth-order valence-corrected chi connectivity index (χ4v) is 1.09. The summed E-state index contributed by atoms with van der Waals surface area (Å²) < 4.78 is 9.77. The molecule has 6 nitrogen and oxygen atoms in total. The monoisotopic (exact) mass is 266 g/mol. The first-order valence-electron chi connectivity index (χ1n) is 5.88. The molecule has 0 amide bonds. The van der Waals surface area contributed by atoms with Crippen molar-refractivity contribution in [1.82, 2.24) is 0 Å². The van der Waals surface area contributed by atoms with Gasteiger partial charge in [-0.3, -0.25) is 9.59 Å². The van der Waals surface area contributed by atoms with Crippen LogP contribution in [0.2, 0.25) is 0 Å². The van der Waals surface area contributed by atoms with Crippen LogP contribution in [-0.4, -0.2) is 23.1 Å². The van der Waals surface area contributed by atoms with E-state index >= 15 is 0 Å².